The van der Waals surface area contributed by atoms with Crippen LogP contribution in [0.1, 0.15) is 49.3 Å². The molecule has 31 heavy (non-hydrogen) atoms. The molecule has 1 aromatic heterocycles. The van der Waals surface area contributed by atoms with Crippen molar-refractivity contribution in [2.24, 2.45) is 5.92 Å². The van der Waals surface area contributed by atoms with Crippen molar-refractivity contribution in [3.05, 3.63) is 51.8 Å². The lowest BCUT2D eigenvalue weighted by Crippen LogP contribution is -2.47. The summed E-state index contributed by atoms with van der Waals surface area (Å²) in [5.74, 6) is -0.645. The second-order valence-electron chi connectivity index (χ2n) is 8.13. The molecule has 2 aliphatic rings. The first-order chi connectivity index (χ1) is 15.0. The van der Waals surface area contributed by atoms with Gasteiger partial charge in [0, 0.05) is 24.1 Å². The number of benzene rings is 1. The number of aromatic nitrogens is 3. The molecular formula is C21H26N6O4. The average Bonchev–Trinajstić information content (AvgIpc) is 3.26. The van der Waals surface area contributed by atoms with Gasteiger partial charge in [-0.3, -0.25) is 9.59 Å². The quantitative estimate of drug-likeness (QED) is 0.557. The van der Waals surface area contributed by atoms with Crippen molar-refractivity contribution in [2.75, 3.05) is 13.1 Å². The second-order valence-corrected chi connectivity index (χ2v) is 8.13. The number of amides is 2. The van der Waals surface area contributed by atoms with E-state index in [1.807, 2.05) is 24.3 Å². The molecule has 0 unspecified atom stereocenters. The largest absolute Gasteiger partial charge is 0.490 e. The smallest absolute Gasteiger partial charge is 0.390 e. The number of nitrogens with zero attached hydrogens (tertiary/aromatic N) is 5. The van der Waals surface area contributed by atoms with Gasteiger partial charge in [-0.1, -0.05) is 48.5 Å². The van der Waals surface area contributed by atoms with E-state index in [1.54, 1.807) is 4.90 Å². The number of rotatable bonds is 6. The highest BCUT2D eigenvalue weighted by Gasteiger charge is 2.32. The SMILES string of the molecule is O=C(NC[C@@H]1c2ccccc2CCN1C(=O)Cn1cnc([N+](=O)[O-])n1)C1CCCCC1. The van der Waals surface area contributed by atoms with Gasteiger partial charge in [-0.25, -0.2) is 0 Å². The van der Waals surface area contributed by atoms with Gasteiger partial charge >= 0.3 is 5.95 Å². The fourth-order valence-electron chi connectivity index (χ4n) is 4.55. The Morgan fingerprint density at radius 1 is 1.19 bits per heavy atom. The summed E-state index contributed by atoms with van der Waals surface area (Å²) in [4.78, 5) is 41.2. The molecule has 1 atom stereocenters. The zero-order chi connectivity index (χ0) is 21.8. The number of carbonyl (C=O) groups is 2. The zero-order valence-electron chi connectivity index (χ0n) is 17.3. The van der Waals surface area contributed by atoms with Gasteiger partial charge in [0.1, 0.15) is 6.54 Å². The number of nitrogens with one attached hydrogen (secondary N) is 1. The van der Waals surface area contributed by atoms with E-state index in [-0.39, 0.29) is 30.3 Å². The minimum atomic E-state index is -0.693. The van der Waals surface area contributed by atoms with Crippen molar-refractivity contribution in [3.8, 4) is 0 Å². The van der Waals surface area contributed by atoms with Crippen LogP contribution in [0.2, 0.25) is 0 Å². The van der Waals surface area contributed by atoms with Gasteiger partial charge in [-0.15, -0.1) is 0 Å². The highest BCUT2D eigenvalue weighted by atomic mass is 16.6. The van der Waals surface area contributed by atoms with Crippen LogP contribution in [0.4, 0.5) is 5.95 Å². The first kappa shape index (κ1) is 21.0. The van der Waals surface area contributed by atoms with E-state index < -0.39 is 10.9 Å². The van der Waals surface area contributed by atoms with Crippen LogP contribution in [0.3, 0.4) is 0 Å². The standard InChI is InChI=1S/C21H26N6O4/c28-19(13-25-14-23-21(24-25)27(30)31)26-11-10-15-6-4-5-9-17(15)18(26)12-22-20(29)16-7-2-1-3-8-16/h4-6,9,14,16,18H,1-3,7-8,10-13H2,(H,22,29)/t18-/m1/s1. The van der Waals surface area contributed by atoms with Crippen molar-refractivity contribution in [1.29, 1.82) is 0 Å². The zero-order valence-corrected chi connectivity index (χ0v) is 17.3. The first-order valence-electron chi connectivity index (χ1n) is 10.7. The molecule has 2 aromatic rings. The van der Waals surface area contributed by atoms with Crippen LogP contribution in [-0.4, -0.2) is 49.5 Å². The molecule has 1 aliphatic carbocycles. The summed E-state index contributed by atoms with van der Waals surface area (Å²) < 4.78 is 1.18. The van der Waals surface area contributed by atoms with E-state index in [9.17, 15) is 19.7 Å². The molecule has 0 radical (unpaired) electrons. The Morgan fingerprint density at radius 3 is 2.71 bits per heavy atom. The van der Waals surface area contributed by atoms with Crippen LogP contribution in [0.5, 0.6) is 0 Å². The summed E-state index contributed by atoms with van der Waals surface area (Å²) in [6.07, 6.45) is 7.09. The lowest BCUT2D eigenvalue weighted by molar-refractivity contribution is -0.394. The van der Waals surface area contributed by atoms with E-state index in [0.717, 1.165) is 31.2 Å². The molecule has 1 saturated carbocycles. The predicted molar refractivity (Wildman–Crippen MR) is 111 cm³/mol. The summed E-state index contributed by atoms with van der Waals surface area (Å²) in [5, 5.41) is 17.6. The van der Waals surface area contributed by atoms with Crippen LogP contribution >= 0.6 is 0 Å². The number of hydrogen-bond acceptors (Lipinski definition) is 6. The Kier molecular flexibility index (Phi) is 6.24. The first-order valence-corrected chi connectivity index (χ1v) is 10.7. The molecular weight excluding hydrogens is 400 g/mol. The number of hydrogen-bond donors (Lipinski definition) is 1. The van der Waals surface area contributed by atoms with Gasteiger partial charge < -0.3 is 20.3 Å². The molecule has 10 nitrogen and oxygen atoms in total. The third-order valence-corrected chi connectivity index (χ3v) is 6.16. The Hall–Kier alpha value is -3.30. The molecule has 0 bridgehead atoms. The van der Waals surface area contributed by atoms with E-state index in [0.29, 0.717) is 19.5 Å². The number of nitro groups is 1. The van der Waals surface area contributed by atoms with Gasteiger partial charge in [0.15, 0.2) is 0 Å². The van der Waals surface area contributed by atoms with E-state index in [2.05, 4.69) is 15.4 Å². The minimum Gasteiger partial charge on any atom is -0.390 e. The molecule has 1 aliphatic heterocycles. The summed E-state index contributed by atoms with van der Waals surface area (Å²) in [5.41, 5.74) is 2.19. The van der Waals surface area contributed by atoms with Gasteiger partial charge in [-0.2, -0.15) is 4.68 Å². The Balaban J connectivity index is 1.48. The van der Waals surface area contributed by atoms with Crippen LogP contribution in [-0.2, 0) is 22.6 Å². The summed E-state index contributed by atoms with van der Waals surface area (Å²) in [7, 11) is 0. The van der Waals surface area contributed by atoms with E-state index in [1.165, 1.54) is 23.0 Å². The van der Waals surface area contributed by atoms with Crippen molar-refractivity contribution in [1.82, 2.24) is 25.0 Å². The number of fused-ring (bicyclic) bond motifs is 1. The highest BCUT2D eigenvalue weighted by Crippen LogP contribution is 2.30. The van der Waals surface area contributed by atoms with Crippen molar-refractivity contribution in [3.63, 3.8) is 0 Å². The lowest BCUT2D eigenvalue weighted by atomic mass is 9.88. The predicted octanol–water partition coefficient (Wildman–Crippen LogP) is 2.01. The van der Waals surface area contributed by atoms with Crippen LogP contribution < -0.4 is 5.32 Å². The fraction of sp³-hybridized carbons (Fsp3) is 0.524. The number of carbonyl (C=O) groups excluding carboxylic acids is 2. The van der Waals surface area contributed by atoms with Gasteiger partial charge in [-0.05, 0) is 35.3 Å². The summed E-state index contributed by atoms with van der Waals surface area (Å²) in [6, 6.07) is 7.66. The summed E-state index contributed by atoms with van der Waals surface area (Å²) >= 11 is 0. The lowest BCUT2D eigenvalue weighted by Gasteiger charge is -2.37. The molecule has 0 saturated heterocycles. The third kappa shape index (κ3) is 4.73. The van der Waals surface area contributed by atoms with E-state index >= 15 is 0 Å². The Bertz CT molecular complexity index is 968. The van der Waals surface area contributed by atoms with Crippen molar-refractivity contribution in [2.45, 2.75) is 51.1 Å². The van der Waals surface area contributed by atoms with Crippen molar-refractivity contribution >= 4 is 17.8 Å². The molecule has 1 N–H and O–H groups in total. The Labute approximate surface area is 179 Å². The normalized spacial score (nSPS) is 19.0. The fourth-order valence-corrected chi connectivity index (χ4v) is 4.55. The molecule has 164 valence electrons. The summed E-state index contributed by atoms with van der Waals surface area (Å²) in [6.45, 7) is 0.711. The van der Waals surface area contributed by atoms with Gasteiger partial charge in [0.25, 0.3) is 0 Å². The maximum absolute atomic E-state index is 13.1. The average molecular weight is 426 g/mol. The molecule has 1 fully saturated rings. The van der Waals surface area contributed by atoms with Crippen LogP contribution in [0, 0.1) is 16.0 Å². The molecule has 0 spiro atoms. The third-order valence-electron chi connectivity index (χ3n) is 6.16. The molecule has 1 aromatic carbocycles. The monoisotopic (exact) mass is 426 g/mol. The maximum Gasteiger partial charge on any atom is 0.490 e. The van der Waals surface area contributed by atoms with E-state index in [4.69, 9.17) is 0 Å². The maximum atomic E-state index is 13.1. The molecule has 2 heterocycles. The topological polar surface area (TPSA) is 123 Å². The Morgan fingerprint density at radius 2 is 1.97 bits per heavy atom. The minimum absolute atomic E-state index is 0.0485. The van der Waals surface area contributed by atoms with Crippen LogP contribution in [0.15, 0.2) is 30.6 Å². The molecule has 10 heteroatoms. The molecule has 4 rings (SSSR count). The highest BCUT2D eigenvalue weighted by molar-refractivity contribution is 5.79. The van der Waals surface area contributed by atoms with Gasteiger partial charge in [0.05, 0.1) is 6.04 Å². The van der Waals surface area contributed by atoms with Crippen molar-refractivity contribution < 1.29 is 14.5 Å². The van der Waals surface area contributed by atoms with Gasteiger partial charge in [0.2, 0.25) is 18.1 Å². The van der Waals surface area contributed by atoms with Crippen LogP contribution in [0.25, 0.3) is 0 Å². The second kappa shape index (κ2) is 9.23. The molecule has 2 amide bonds.